The zero-order valence-corrected chi connectivity index (χ0v) is 14.6. The molecular weight excluding hydrogens is 334 g/mol. The summed E-state index contributed by atoms with van der Waals surface area (Å²) < 4.78 is 15.3. The van der Waals surface area contributed by atoms with Crippen LogP contribution in [0.15, 0.2) is 53.1 Å². The second kappa shape index (κ2) is 7.23. The van der Waals surface area contributed by atoms with E-state index in [1.165, 1.54) is 26.4 Å². The van der Waals surface area contributed by atoms with Gasteiger partial charge in [0.2, 0.25) is 5.89 Å². The molecule has 6 heteroatoms. The first-order valence-electron chi connectivity index (χ1n) is 7.87. The standard InChI is InChI=1S/C20H17NO5/c1-12-4-6-13(7-5-12)17-11-21-18(26-17)14-8-9-15(19(22)24-2)16(10-14)20(23)25-3/h4-11H,1-3H3. The van der Waals surface area contributed by atoms with Gasteiger partial charge in [0.15, 0.2) is 5.76 Å². The quantitative estimate of drug-likeness (QED) is 0.664. The molecule has 0 aliphatic heterocycles. The van der Waals surface area contributed by atoms with E-state index in [1.54, 1.807) is 12.3 Å². The summed E-state index contributed by atoms with van der Waals surface area (Å²) in [5.74, 6) is -0.318. The predicted molar refractivity (Wildman–Crippen MR) is 94.8 cm³/mol. The van der Waals surface area contributed by atoms with E-state index in [9.17, 15) is 9.59 Å². The van der Waals surface area contributed by atoms with E-state index in [-0.39, 0.29) is 11.1 Å². The fourth-order valence-electron chi connectivity index (χ4n) is 2.50. The zero-order chi connectivity index (χ0) is 18.7. The van der Waals surface area contributed by atoms with E-state index in [1.807, 2.05) is 31.2 Å². The average molecular weight is 351 g/mol. The van der Waals surface area contributed by atoms with Crippen LogP contribution >= 0.6 is 0 Å². The number of hydrogen-bond acceptors (Lipinski definition) is 6. The van der Waals surface area contributed by atoms with Crippen LogP contribution in [0.25, 0.3) is 22.8 Å². The van der Waals surface area contributed by atoms with Crippen molar-refractivity contribution in [2.24, 2.45) is 0 Å². The number of ether oxygens (including phenoxy) is 2. The lowest BCUT2D eigenvalue weighted by Crippen LogP contribution is -2.11. The molecule has 0 unspecified atom stereocenters. The first-order valence-corrected chi connectivity index (χ1v) is 7.87. The Labute approximate surface area is 150 Å². The highest BCUT2D eigenvalue weighted by atomic mass is 16.5. The minimum absolute atomic E-state index is 0.0898. The molecule has 0 N–H and O–H groups in total. The molecule has 0 fully saturated rings. The van der Waals surface area contributed by atoms with E-state index >= 15 is 0 Å². The largest absolute Gasteiger partial charge is 0.465 e. The van der Waals surface area contributed by atoms with Crippen molar-refractivity contribution in [1.82, 2.24) is 4.98 Å². The highest BCUT2D eigenvalue weighted by molar-refractivity contribution is 6.03. The fraction of sp³-hybridized carbons (Fsp3) is 0.150. The van der Waals surface area contributed by atoms with Gasteiger partial charge in [-0.05, 0) is 25.1 Å². The molecule has 2 aromatic carbocycles. The SMILES string of the molecule is COC(=O)c1ccc(-c2ncc(-c3ccc(C)cc3)o2)cc1C(=O)OC. The van der Waals surface area contributed by atoms with Crippen LogP contribution in [0.2, 0.25) is 0 Å². The highest BCUT2D eigenvalue weighted by Gasteiger charge is 2.20. The molecule has 0 atom stereocenters. The Balaban J connectivity index is 2.01. The maximum atomic E-state index is 12.0. The Morgan fingerprint density at radius 3 is 2.15 bits per heavy atom. The third kappa shape index (κ3) is 3.35. The van der Waals surface area contributed by atoms with Gasteiger partial charge >= 0.3 is 11.9 Å². The van der Waals surface area contributed by atoms with Crippen molar-refractivity contribution >= 4 is 11.9 Å². The summed E-state index contributed by atoms with van der Waals surface area (Å²) in [7, 11) is 2.50. The predicted octanol–water partition coefficient (Wildman–Crippen LogP) is 3.89. The smallest absolute Gasteiger partial charge is 0.338 e. The fourth-order valence-corrected chi connectivity index (χ4v) is 2.50. The van der Waals surface area contributed by atoms with Crippen molar-refractivity contribution < 1.29 is 23.5 Å². The maximum Gasteiger partial charge on any atom is 0.338 e. The van der Waals surface area contributed by atoms with Crippen LogP contribution in [0.1, 0.15) is 26.3 Å². The van der Waals surface area contributed by atoms with Crippen molar-refractivity contribution in [1.29, 1.82) is 0 Å². The maximum absolute atomic E-state index is 12.0. The van der Waals surface area contributed by atoms with Crippen LogP contribution < -0.4 is 0 Å². The number of rotatable bonds is 4. The zero-order valence-electron chi connectivity index (χ0n) is 14.6. The molecule has 0 saturated heterocycles. The summed E-state index contributed by atoms with van der Waals surface area (Å²) in [6, 6.07) is 12.5. The molecular formula is C20H17NO5. The Morgan fingerprint density at radius 2 is 1.50 bits per heavy atom. The number of oxazole rings is 1. The summed E-state index contributed by atoms with van der Waals surface area (Å²) in [5, 5.41) is 0. The van der Waals surface area contributed by atoms with E-state index in [0.717, 1.165) is 11.1 Å². The Bertz CT molecular complexity index is 957. The number of benzene rings is 2. The molecule has 0 amide bonds. The second-order valence-electron chi connectivity index (χ2n) is 5.64. The van der Waals surface area contributed by atoms with Gasteiger partial charge in [-0.2, -0.15) is 0 Å². The minimum atomic E-state index is -0.641. The van der Waals surface area contributed by atoms with Gasteiger partial charge in [0.05, 0.1) is 31.5 Å². The molecule has 0 bridgehead atoms. The average Bonchev–Trinajstić information content (AvgIpc) is 3.17. The van der Waals surface area contributed by atoms with Crippen LogP contribution in [0.4, 0.5) is 0 Å². The number of aryl methyl sites for hydroxylation is 1. The Kier molecular flexibility index (Phi) is 4.84. The van der Waals surface area contributed by atoms with Gasteiger partial charge in [0.1, 0.15) is 0 Å². The van der Waals surface area contributed by atoms with Crippen LogP contribution in [-0.4, -0.2) is 31.1 Å². The molecule has 1 heterocycles. The number of hydrogen-bond donors (Lipinski definition) is 0. The third-order valence-electron chi connectivity index (χ3n) is 3.92. The Morgan fingerprint density at radius 1 is 0.885 bits per heavy atom. The van der Waals surface area contributed by atoms with Crippen molar-refractivity contribution in [2.75, 3.05) is 14.2 Å². The molecule has 0 spiro atoms. The van der Waals surface area contributed by atoms with Gasteiger partial charge in [-0.25, -0.2) is 14.6 Å². The normalized spacial score (nSPS) is 10.4. The van der Waals surface area contributed by atoms with Gasteiger partial charge < -0.3 is 13.9 Å². The number of methoxy groups -OCH3 is 2. The molecule has 3 rings (SSSR count). The van der Waals surface area contributed by atoms with Gasteiger partial charge in [-0.1, -0.05) is 29.8 Å². The van der Waals surface area contributed by atoms with Gasteiger partial charge in [0.25, 0.3) is 0 Å². The van der Waals surface area contributed by atoms with Crippen LogP contribution in [0.3, 0.4) is 0 Å². The Hall–Kier alpha value is -3.41. The van der Waals surface area contributed by atoms with Gasteiger partial charge in [0, 0.05) is 11.1 Å². The van der Waals surface area contributed by atoms with E-state index in [0.29, 0.717) is 17.2 Å². The molecule has 0 saturated carbocycles. The summed E-state index contributed by atoms with van der Waals surface area (Å²) in [6.07, 6.45) is 1.62. The van der Waals surface area contributed by atoms with Crippen LogP contribution in [0.5, 0.6) is 0 Å². The number of nitrogens with zero attached hydrogens (tertiary/aromatic N) is 1. The number of aromatic nitrogens is 1. The van der Waals surface area contributed by atoms with Crippen molar-refractivity contribution in [3.8, 4) is 22.8 Å². The minimum Gasteiger partial charge on any atom is -0.465 e. The van der Waals surface area contributed by atoms with Crippen molar-refractivity contribution in [2.45, 2.75) is 6.92 Å². The molecule has 26 heavy (non-hydrogen) atoms. The first-order chi connectivity index (χ1) is 12.5. The molecule has 0 radical (unpaired) electrons. The summed E-state index contributed by atoms with van der Waals surface area (Å²) in [4.78, 5) is 28.1. The van der Waals surface area contributed by atoms with Crippen molar-refractivity contribution in [3.05, 3.63) is 65.4 Å². The van der Waals surface area contributed by atoms with Crippen LogP contribution in [0, 0.1) is 6.92 Å². The van der Waals surface area contributed by atoms with Crippen LogP contribution in [-0.2, 0) is 9.47 Å². The van der Waals surface area contributed by atoms with E-state index < -0.39 is 11.9 Å². The molecule has 1 aromatic heterocycles. The highest BCUT2D eigenvalue weighted by Crippen LogP contribution is 2.28. The lowest BCUT2D eigenvalue weighted by molar-refractivity contribution is 0.0555. The van der Waals surface area contributed by atoms with E-state index in [4.69, 9.17) is 13.9 Å². The van der Waals surface area contributed by atoms with Crippen molar-refractivity contribution in [3.63, 3.8) is 0 Å². The lowest BCUT2D eigenvalue weighted by Gasteiger charge is -2.07. The molecule has 3 aromatic rings. The third-order valence-corrected chi connectivity index (χ3v) is 3.92. The molecule has 6 nitrogen and oxygen atoms in total. The molecule has 0 aliphatic rings. The lowest BCUT2D eigenvalue weighted by atomic mass is 10.0. The summed E-state index contributed by atoms with van der Waals surface area (Å²) in [5.41, 5.74) is 2.81. The summed E-state index contributed by atoms with van der Waals surface area (Å²) >= 11 is 0. The van der Waals surface area contributed by atoms with Gasteiger partial charge in [-0.3, -0.25) is 0 Å². The van der Waals surface area contributed by atoms with E-state index in [2.05, 4.69) is 4.98 Å². The number of esters is 2. The van der Waals surface area contributed by atoms with Gasteiger partial charge in [-0.15, -0.1) is 0 Å². The number of carbonyl (C=O) groups excluding carboxylic acids is 2. The molecule has 132 valence electrons. The second-order valence-corrected chi connectivity index (χ2v) is 5.64. The summed E-state index contributed by atoms with van der Waals surface area (Å²) in [6.45, 7) is 2.01. The monoisotopic (exact) mass is 351 g/mol. The first kappa shape index (κ1) is 17.4. The topological polar surface area (TPSA) is 78.6 Å². The molecule has 0 aliphatic carbocycles. The number of carbonyl (C=O) groups is 2.